The molecule has 1 unspecified atom stereocenters. The van der Waals surface area contributed by atoms with E-state index >= 15 is 0 Å². The van der Waals surface area contributed by atoms with E-state index in [9.17, 15) is 24.9 Å². The van der Waals surface area contributed by atoms with E-state index in [0.29, 0.717) is 17.3 Å². The van der Waals surface area contributed by atoms with Crippen LogP contribution in [0.2, 0.25) is 5.02 Å². The number of nitrogens with zero attached hydrogens (tertiary/aromatic N) is 1. The standard InChI is InChI=1S/C27H41ClN2O7/c1-2-3-4-5-6-7-8-9-10-11-14-36-25-23(32)21(37-27(35)24(25)33)17-30-20-13-12-18(28)15-19(20)26(34)29-16-22(30)31/h12-13,15,21,23-25,27,32-33,35H,2-11,14,16-17H2,1H3,(H,29,34)/t21-,23-,24-,25+,27?/m1/s1. The number of hydrogen-bond acceptors (Lipinski definition) is 7. The first kappa shape index (κ1) is 29.8. The van der Waals surface area contributed by atoms with Gasteiger partial charge in [0.25, 0.3) is 5.91 Å². The molecule has 2 aliphatic rings. The molecule has 9 nitrogen and oxygen atoms in total. The molecule has 2 amide bonds. The quantitative estimate of drug-likeness (QED) is 0.267. The van der Waals surface area contributed by atoms with Crippen LogP contribution in [0.25, 0.3) is 0 Å². The average molecular weight is 541 g/mol. The Kier molecular flexibility index (Phi) is 12.1. The molecule has 0 spiro atoms. The zero-order chi connectivity index (χ0) is 26.8. The Morgan fingerprint density at radius 3 is 2.32 bits per heavy atom. The third-order valence-electron chi connectivity index (χ3n) is 7.03. The lowest BCUT2D eigenvalue weighted by Crippen LogP contribution is -2.61. The Labute approximate surface area is 224 Å². The van der Waals surface area contributed by atoms with E-state index in [-0.39, 0.29) is 18.7 Å². The lowest BCUT2D eigenvalue weighted by molar-refractivity contribution is -0.287. The third-order valence-corrected chi connectivity index (χ3v) is 7.26. The second-order valence-corrected chi connectivity index (χ2v) is 10.3. The topological polar surface area (TPSA) is 129 Å². The number of unbranched alkanes of at least 4 members (excludes halogenated alkanes) is 9. The molecule has 4 N–H and O–H groups in total. The molecule has 208 valence electrons. The number of carbonyl (C=O) groups is 2. The van der Waals surface area contributed by atoms with Crippen LogP contribution in [0.3, 0.4) is 0 Å². The van der Waals surface area contributed by atoms with Crippen molar-refractivity contribution in [1.29, 1.82) is 0 Å². The summed E-state index contributed by atoms with van der Waals surface area (Å²) in [4.78, 5) is 26.5. The molecule has 3 rings (SSSR count). The van der Waals surface area contributed by atoms with E-state index in [1.165, 1.54) is 55.9 Å². The first-order chi connectivity index (χ1) is 17.8. The highest BCUT2D eigenvalue weighted by molar-refractivity contribution is 6.31. The van der Waals surface area contributed by atoms with Gasteiger partial charge in [-0.15, -0.1) is 0 Å². The van der Waals surface area contributed by atoms with Crippen LogP contribution in [-0.4, -0.2) is 77.5 Å². The highest BCUT2D eigenvalue weighted by atomic mass is 35.5. The number of benzene rings is 1. The predicted molar refractivity (Wildman–Crippen MR) is 141 cm³/mol. The molecule has 5 atom stereocenters. The molecule has 1 fully saturated rings. The predicted octanol–water partition coefficient (Wildman–Crippen LogP) is 3.16. The van der Waals surface area contributed by atoms with Crippen molar-refractivity contribution in [2.45, 2.75) is 102 Å². The molecule has 0 saturated carbocycles. The summed E-state index contributed by atoms with van der Waals surface area (Å²) in [5, 5.41) is 34.5. The van der Waals surface area contributed by atoms with Crippen molar-refractivity contribution in [2.24, 2.45) is 0 Å². The maximum atomic E-state index is 12.8. The molecule has 1 aromatic rings. The van der Waals surface area contributed by atoms with Gasteiger partial charge in [-0.3, -0.25) is 9.59 Å². The first-order valence-electron chi connectivity index (χ1n) is 13.5. The van der Waals surface area contributed by atoms with Crippen molar-refractivity contribution in [1.82, 2.24) is 5.32 Å². The number of amides is 2. The van der Waals surface area contributed by atoms with Crippen molar-refractivity contribution >= 4 is 29.1 Å². The minimum atomic E-state index is -1.59. The molecule has 2 heterocycles. The van der Waals surface area contributed by atoms with E-state index in [4.69, 9.17) is 21.1 Å². The van der Waals surface area contributed by atoms with Crippen LogP contribution in [0.1, 0.15) is 81.5 Å². The molecule has 1 saturated heterocycles. The summed E-state index contributed by atoms with van der Waals surface area (Å²) in [6.45, 7) is 2.16. The van der Waals surface area contributed by atoms with E-state index in [0.717, 1.165) is 19.3 Å². The number of ether oxygens (including phenoxy) is 2. The first-order valence-corrected chi connectivity index (χ1v) is 13.9. The number of aliphatic hydroxyl groups is 3. The fourth-order valence-electron chi connectivity index (χ4n) is 4.86. The maximum absolute atomic E-state index is 12.8. The normalized spacial score (nSPS) is 26.1. The van der Waals surface area contributed by atoms with Crippen LogP contribution in [0.5, 0.6) is 0 Å². The molecule has 0 radical (unpaired) electrons. The van der Waals surface area contributed by atoms with Crippen molar-refractivity contribution in [3.8, 4) is 0 Å². The summed E-state index contributed by atoms with van der Waals surface area (Å²) in [5.74, 6) is -0.847. The zero-order valence-corrected chi connectivity index (χ0v) is 22.4. The monoisotopic (exact) mass is 540 g/mol. The zero-order valence-electron chi connectivity index (χ0n) is 21.6. The number of aliphatic hydroxyl groups excluding tert-OH is 3. The van der Waals surface area contributed by atoms with Gasteiger partial charge in [0, 0.05) is 11.6 Å². The van der Waals surface area contributed by atoms with Crippen molar-refractivity contribution in [2.75, 3.05) is 24.6 Å². The number of rotatable bonds is 14. The summed E-state index contributed by atoms with van der Waals surface area (Å²) in [7, 11) is 0. The van der Waals surface area contributed by atoms with Gasteiger partial charge in [-0.05, 0) is 24.6 Å². The van der Waals surface area contributed by atoms with Crippen LogP contribution in [0.4, 0.5) is 5.69 Å². The lowest BCUT2D eigenvalue weighted by Gasteiger charge is -2.42. The second-order valence-electron chi connectivity index (χ2n) is 9.91. The average Bonchev–Trinajstić information content (AvgIpc) is 2.99. The van der Waals surface area contributed by atoms with Crippen LogP contribution in [0, 0.1) is 0 Å². The molecule has 0 aromatic heterocycles. The minimum Gasteiger partial charge on any atom is -0.388 e. The highest BCUT2D eigenvalue weighted by Gasteiger charge is 2.46. The highest BCUT2D eigenvalue weighted by Crippen LogP contribution is 2.29. The summed E-state index contributed by atoms with van der Waals surface area (Å²) in [6, 6.07) is 4.58. The number of anilines is 1. The van der Waals surface area contributed by atoms with Gasteiger partial charge in [-0.1, -0.05) is 76.3 Å². The van der Waals surface area contributed by atoms with Gasteiger partial charge in [0.2, 0.25) is 5.91 Å². The summed E-state index contributed by atoms with van der Waals surface area (Å²) >= 11 is 6.04. The second kappa shape index (κ2) is 15.0. The fraction of sp³-hybridized carbons (Fsp3) is 0.704. The number of nitrogens with one attached hydrogen (secondary N) is 1. The Morgan fingerprint density at radius 2 is 1.65 bits per heavy atom. The molecule has 2 aliphatic heterocycles. The van der Waals surface area contributed by atoms with E-state index in [1.54, 1.807) is 12.1 Å². The van der Waals surface area contributed by atoms with Crippen LogP contribution in [-0.2, 0) is 14.3 Å². The summed E-state index contributed by atoms with van der Waals surface area (Å²) in [6.07, 6.45) is 5.32. The van der Waals surface area contributed by atoms with Crippen molar-refractivity contribution in [3.05, 3.63) is 28.8 Å². The Hall–Kier alpha value is -1.75. The van der Waals surface area contributed by atoms with Crippen molar-refractivity contribution in [3.63, 3.8) is 0 Å². The SMILES string of the molecule is CCCCCCCCCCCCO[C@H]1[C@H](O)[C@@H](CN2C(=O)CNC(=O)c3cc(Cl)ccc32)OC(O)[C@@H]1O. The van der Waals surface area contributed by atoms with Crippen LogP contribution >= 0.6 is 11.6 Å². The van der Waals surface area contributed by atoms with Gasteiger partial charge in [0.1, 0.15) is 24.4 Å². The van der Waals surface area contributed by atoms with Gasteiger partial charge in [0.15, 0.2) is 6.29 Å². The number of carbonyl (C=O) groups excluding carboxylic acids is 2. The van der Waals surface area contributed by atoms with Crippen LogP contribution in [0.15, 0.2) is 18.2 Å². The molecule has 37 heavy (non-hydrogen) atoms. The Bertz CT molecular complexity index is 886. The number of fused-ring (bicyclic) bond motifs is 1. The number of hydrogen-bond donors (Lipinski definition) is 4. The molecular formula is C27H41ClN2O7. The van der Waals surface area contributed by atoms with Gasteiger partial charge in [-0.25, -0.2) is 0 Å². The minimum absolute atomic E-state index is 0.147. The van der Waals surface area contributed by atoms with Gasteiger partial charge >= 0.3 is 0 Å². The molecule has 0 aliphatic carbocycles. The summed E-state index contributed by atoms with van der Waals surface area (Å²) < 4.78 is 11.3. The van der Waals surface area contributed by atoms with Crippen LogP contribution < -0.4 is 10.2 Å². The smallest absolute Gasteiger partial charge is 0.253 e. The molecule has 1 aromatic carbocycles. The lowest BCUT2D eigenvalue weighted by atomic mass is 9.97. The fourth-order valence-corrected chi connectivity index (χ4v) is 5.03. The van der Waals surface area contributed by atoms with Gasteiger partial charge < -0.3 is 35.0 Å². The Balaban J connectivity index is 1.51. The Morgan fingerprint density at radius 1 is 1.00 bits per heavy atom. The molecular weight excluding hydrogens is 500 g/mol. The van der Waals surface area contributed by atoms with E-state index in [2.05, 4.69) is 12.2 Å². The van der Waals surface area contributed by atoms with Gasteiger partial charge in [0.05, 0.1) is 24.3 Å². The maximum Gasteiger partial charge on any atom is 0.253 e. The number of halogens is 1. The third kappa shape index (κ3) is 8.37. The van der Waals surface area contributed by atoms with E-state index < -0.39 is 42.5 Å². The largest absolute Gasteiger partial charge is 0.388 e. The molecule has 10 heteroatoms. The van der Waals surface area contributed by atoms with E-state index in [1.807, 2.05) is 0 Å². The van der Waals surface area contributed by atoms with Crippen molar-refractivity contribution < 1.29 is 34.4 Å². The summed E-state index contributed by atoms with van der Waals surface area (Å²) in [5.41, 5.74) is 0.543. The van der Waals surface area contributed by atoms with Gasteiger partial charge in [-0.2, -0.15) is 0 Å². The molecule has 0 bridgehead atoms.